The molecule has 0 bridgehead atoms. The van der Waals surface area contributed by atoms with E-state index >= 15 is 0 Å². The van der Waals surface area contributed by atoms with E-state index in [1.807, 2.05) is 0 Å². The number of nitrogens with zero attached hydrogens (tertiary/aromatic N) is 4. The van der Waals surface area contributed by atoms with Crippen molar-refractivity contribution in [3.8, 4) is 0 Å². The number of hydrogen-bond acceptors (Lipinski definition) is 4. The van der Waals surface area contributed by atoms with Gasteiger partial charge < -0.3 is 0 Å². The van der Waals surface area contributed by atoms with Crippen molar-refractivity contribution in [1.29, 1.82) is 0 Å². The second-order valence-corrected chi connectivity index (χ2v) is 6.63. The number of rotatable bonds is 4. The maximum atomic E-state index is 12.5. The quantitative estimate of drug-likeness (QED) is 0.630. The highest BCUT2D eigenvalue weighted by molar-refractivity contribution is 9.10. The summed E-state index contributed by atoms with van der Waals surface area (Å²) >= 11 is 3.75. The molecule has 3 aromatic rings. The Morgan fingerprint density at radius 2 is 2.00 bits per heavy atom. The maximum Gasteiger partial charge on any atom is 0.288 e. The molecule has 1 aromatic carbocycles. The Morgan fingerprint density at radius 3 is 2.65 bits per heavy atom. The molecule has 5 nitrogen and oxygen atoms in total. The number of benzene rings is 1. The van der Waals surface area contributed by atoms with Crippen molar-refractivity contribution in [3.05, 3.63) is 51.1 Å². The van der Waals surface area contributed by atoms with Crippen molar-refractivity contribution in [2.75, 3.05) is 0 Å². The van der Waals surface area contributed by atoms with Gasteiger partial charge in [0.1, 0.15) is 16.3 Å². The fraction of sp³-hybridized carbons (Fsp3) is 0.214. The molecule has 0 atom stereocenters. The van der Waals surface area contributed by atoms with E-state index in [0.29, 0.717) is 38.8 Å². The molecule has 2 aromatic heterocycles. The third-order valence-corrected chi connectivity index (χ3v) is 4.55. The Balaban J connectivity index is 1.91. The number of aromatic nitrogens is 4. The van der Waals surface area contributed by atoms with Crippen molar-refractivity contribution >= 4 is 38.7 Å². The Labute approximate surface area is 142 Å². The summed E-state index contributed by atoms with van der Waals surface area (Å²) in [6.07, 6.45) is 1.46. The Hall–Kier alpha value is -1.74. The minimum Gasteiger partial charge on any atom is -0.294 e. The van der Waals surface area contributed by atoms with Crippen LogP contribution in [-0.2, 0) is 13.6 Å². The third kappa shape index (κ3) is 3.30. The molecule has 0 amide bonds. The average molecular weight is 401 g/mol. The molecule has 0 saturated carbocycles. The zero-order chi connectivity index (χ0) is 16.6. The highest BCUT2D eigenvalue weighted by Gasteiger charge is 2.13. The van der Waals surface area contributed by atoms with Crippen LogP contribution in [0.2, 0.25) is 0 Å². The van der Waals surface area contributed by atoms with Crippen LogP contribution >= 0.6 is 27.7 Å². The van der Waals surface area contributed by atoms with Gasteiger partial charge in [0, 0.05) is 11.9 Å². The molecule has 0 saturated heterocycles. The van der Waals surface area contributed by atoms with E-state index < -0.39 is 5.76 Å². The summed E-state index contributed by atoms with van der Waals surface area (Å²) in [6, 6.07) is 6.67. The molecule has 0 unspecified atom stereocenters. The number of aryl methyl sites for hydroxylation is 1. The van der Waals surface area contributed by atoms with E-state index in [1.165, 1.54) is 15.6 Å². The zero-order valence-electron chi connectivity index (χ0n) is 11.9. The monoisotopic (exact) mass is 400 g/mol. The van der Waals surface area contributed by atoms with Gasteiger partial charge in [-0.2, -0.15) is 13.9 Å². The van der Waals surface area contributed by atoms with Gasteiger partial charge in [0.05, 0.1) is 6.54 Å². The van der Waals surface area contributed by atoms with E-state index in [-0.39, 0.29) is 5.56 Å². The molecule has 0 spiro atoms. The third-order valence-electron chi connectivity index (χ3n) is 3.27. The van der Waals surface area contributed by atoms with Gasteiger partial charge >= 0.3 is 0 Å². The van der Waals surface area contributed by atoms with Crippen LogP contribution in [0, 0.1) is 0 Å². The molecule has 0 N–H and O–H groups in total. The summed E-state index contributed by atoms with van der Waals surface area (Å²) < 4.78 is 28.1. The standard InChI is InChI=1S/C14H11BrF2N4OS/c1-20-12-10(11(15)19-20)13(22)21(7-18-12)6-8-2-4-9(5-3-8)23-14(16)17/h2-5,7,14H,6H2,1H3. The Bertz CT molecular complexity index is 908. The summed E-state index contributed by atoms with van der Waals surface area (Å²) in [7, 11) is 1.71. The van der Waals surface area contributed by atoms with Crippen LogP contribution in [0.15, 0.2) is 44.9 Å². The van der Waals surface area contributed by atoms with E-state index in [9.17, 15) is 13.6 Å². The van der Waals surface area contributed by atoms with Crippen LogP contribution in [0.3, 0.4) is 0 Å². The van der Waals surface area contributed by atoms with Crippen molar-refractivity contribution in [2.45, 2.75) is 17.2 Å². The lowest BCUT2D eigenvalue weighted by molar-refractivity contribution is 0.252. The number of alkyl halides is 2. The predicted molar refractivity (Wildman–Crippen MR) is 87.9 cm³/mol. The summed E-state index contributed by atoms with van der Waals surface area (Å²) in [5.74, 6) is -2.45. The van der Waals surface area contributed by atoms with Crippen LogP contribution in [0.1, 0.15) is 5.56 Å². The number of halogens is 3. The van der Waals surface area contributed by atoms with Crippen molar-refractivity contribution in [2.24, 2.45) is 7.05 Å². The number of thioether (sulfide) groups is 1. The molecular weight excluding hydrogens is 390 g/mol. The van der Waals surface area contributed by atoms with Gasteiger partial charge in [-0.05, 0) is 33.6 Å². The fourth-order valence-electron chi connectivity index (χ4n) is 2.22. The second-order valence-electron chi connectivity index (χ2n) is 4.81. The molecule has 23 heavy (non-hydrogen) atoms. The molecule has 9 heteroatoms. The summed E-state index contributed by atoms with van der Waals surface area (Å²) in [5.41, 5.74) is 1.12. The van der Waals surface area contributed by atoms with Gasteiger partial charge in [0.25, 0.3) is 11.3 Å². The fourth-order valence-corrected chi connectivity index (χ4v) is 3.30. The molecule has 0 radical (unpaired) electrons. The molecule has 3 rings (SSSR count). The van der Waals surface area contributed by atoms with Crippen LogP contribution in [-0.4, -0.2) is 25.1 Å². The number of fused-ring (bicyclic) bond motifs is 1. The summed E-state index contributed by atoms with van der Waals surface area (Å²) in [5, 5.41) is 4.54. The largest absolute Gasteiger partial charge is 0.294 e. The average Bonchev–Trinajstić information content (AvgIpc) is 2.78. The molecule has 0 fully saturated rings. The maximum absolute atomic E-state index is 12.5. The first-order chi connectivity index (χ1) is 11.0. The topological polar surface area (TPSA) is 52.7 Å². The smallest absolute Gasteiger partial charge is 0.288 e. The minimum absolute atomic E-state index is 0.207. The van der Waals surface area contributed by atoms with Gasteiger partial charge in [0.2, 0.25) is 0 Å². The van der Waals surface area contributed by atoms with Crippen LogP contribution in [0.25, 0.3) is 11.0 Å². The highest BCUT2D eigenvalue weighted by atomic mass is 79.9. The molecule has 2 heterocycles. The second kappa shape index (κ2) is 6.40. The first-order valence-electron chi connectivity index (χ1n) is 6.57. The highest BCUT2D eigenvalue weighted by Crippen LogP contribution is 2.25. The van der Waals surface area contributed by atoms with E-state index in [2.05, 4.69) is 26.0 Å². The van der Waals surface area contributed by atoms with Crippen molar-refractivity contribution in [1.82, 2.24) is 19.3 Å². The molecular formula is C14H11BrF2N4OS. The van der Waals surface area contributed by atoms with Gasteiger partial charge in [0.15, 0.2) is 5.65 Å². The zero-order valence-corrected chi connectivity index (χ0v) is 14.3. The normalized spacial score (nSPS) is 11.5. The number of hydrogen-bond donors (Lipinski definition) is 0. The van der Waals surface area contributed by atoms with Crippen LogP contribution in [0.4, 0.5) is 8.78 Å². The first-order valence-corrected chi connectivity index (χ1v) is 8.24. The Morgan fingerprint density at radius 1 is 1.30 bits per heavy atom. The molecule has 0 aliphatic carbocycles. The van der Waals surface area contributed by atoms with E-state index in [0.717, 1.165) is 5.56 Å². The lowest BCUT2D eigenvalue weighted by Crippen LogP contribution is -2.21. The van der Waals surface area contributed by atoms with E-state index in [4.69, 9.17) is 0 Å². The molecule has 0 aliphatic heterocycles. The van der Waals surface area contributed by atoms with Gasteiger partial charge in [-0.3, -0.25) is 9.36 Å². The van der Waals surface area contributed by atoms with Crippen LogP contribution < -0.4 is 5.56 Å². The van der Waals surface area contributed by atoms with Crippen molar-refractivity contribution in [3.63, 3.8) is 0 Å². The van der Waals surface area contributed by atoms with Crippen molar-refractivity contribution < 1.29 is 8.78 Å². The summed E-state index contributed by atoms with van der Waals surface area (Å²) in [4.78, 5) is 17.2. The molecule has 0 aliphatic rings. The lowest BCUT2D eigenvalue weighted by atomic mass is 10.2. The van der Waals surface area contributed by atoms with E-state index in [1.54, 1.807) is 31.3 Å². The van der Waals surface area contributed by atoms with Crippen LogP contribution in [0.5, 0.6) is 0 Å². The molecule has 120 valence electrons. The lowest BCUT2D eigenvalue weighted by Gasteiger charge is -2.07. The van der Waals surface area contributed by atoms with Gasteiger partial charge in [-0.15, -0.1) is 0 Å². The first kappa shape index (κ1) is 16.1. The predicted octanol–water partition coefficient (Wildman–Crippen LogP) is 3.26. The Kier molecular flexibility index (Phi) is 4.49. The van der Waals surface area contributed by atoms with Gasteiger partial charge in [-0.25, -0.2) is 9.67 Å². The summed E-state index contributed by atoms with van der Waals surface area (Å²) in [6.45, 7) is 0.308. The SMILES string of the molecule is Cn1nc(Br)c2c(=O)n(Cc3ccc(SC(F)F)cc3)cnc21. The minimum atomic E-state index is -2.45. The van der Waals surface area contributed by atoms with Gasteiger partial charge in [-0.1, -0.05) is 23.9 Å².